The molecule has 2 unspecified atom stereocenters. The maximum atomic E-state index is 11.5. The van der Waals surface area contributed by atoms with Gasteiger partial charge in [-0.15, -0.1) is 24.0 Å². The highest BCUT2D eigenvalue weighted by Gasteiger charge is 2.26. The first-order valence-electron chi connectivity index (χ1n) is 10.2. The van der Waals surface area contributed by atoms with Crippen LogP contribution in [-0.2, 0) is 23.1 Å². The van der Waals surface area contributed by atoms with Gasteiger partial charge in [-0.05, 0) is 43.0 Å². The summed E-state index contributed by atoms with van der Waals surface area (Å²) in [6.45, 7) is 4.74. The van der Waals surface area contributed by atoms with E-state index in [0.717, 1.165) is 31.5 Å². The lowest BCUT2D eigenvalue weighted by Gasteiger charge is -2.38. The second kappa shape index (κ2) is 11.8. The average Bonchev–Trinajstić information content (AvgIpc) is 2.73. The maximum Gasteiger partial charge on any atom is 0.238 e. The number of guanidine groups is 1. The average molecular weight is 558 g/mol. The molecule has 31 heavy (non-hydrogen) atoms. The molecule has 4 N–H and O–H groups in total. The summed E-state index contributed by atoms with van der Waals surface area (Å²) in [5, 5.41) is 12.0. The first kappa shape index (κ1) is 25.6. The summed E-state index contributed by atoms with van der Waals surface area (Å²) >= 11 is 0. The Labute approximate surface area is 202 Å². The molecule has 0 radical (unpaired) electrons. The molecule has 3 rings (SSSR count). The second-order valence-corrected chi connectivity index (χ2v) is 9.35. The topological polar surface area (TPSA) is 99.8 Å². The molecule has 1 aliphatic heterocycles. The molecule has 170 valence electrons. The summed E-state index contributed by atoms with van der Waals surface area (Å²) in [7, 11) is -1.96. The molecule has 0 spiro atoms. The van der Waals surface area contributed by atoms with E-state index in [9.17, 15) is 8.42 Å². The van der Waals surface area contributed by atoms with Crippen LogP contribution in [0.5, 0.6) is 0 Å². The van der Waals surface area contributed by atoms with Crippen molar-refractivity contribution in [3.8, 4) is 0 Å². The normalized spacial score (nSPS) is 20.0. The van der Waals surface area contributed by atoms with E-state index in [4.69, 9.17) is 5.14 Å². The maximum absolute atomic E-state index is 11.5. The van der Waals surface area contributed by atoms with Crippen molar-refractivity contribution >= 4 is 40.0 Å². The molecule has 0 amide bonds. The molecule has 0 aromatic heterocycles. The predicted molar refractivity (Wildman–Crippen MR) is 136 cm³/mol. The molecular weight excluding hydrogens is 525 g/mol. The van der Waals surface area contributed by atoms with Crippen LogP contribution in [0, 0.1) is 0 Å². The van der Waals surface area contributed by atoms with Gasteiger partial charge in [0.2, 0.25) is 10.0 Å². The van der Waals surface area contributed by atoms with Crippen LogP contribution in [0.1, 0.15) is 30.9 Å². The molecule has 1 aliphatic rings. The van der Waals surface area contributed by atoms with Crippen LogP contribution in [-0.4, -0.2) is 45.0 Å². The largest absolute Gasteiger partial charge is 0.354 e. The number of nitrogens with one attached hydrogen (secondary N) is 2. The molecule has 1 heterocycles. The smallest absolute Gasteiger partial charge is 0.238 e. The molecule has 0 aliphatic carbocycles. The Hall–Kier alpha value is -1.69. The number of benzene rings is 2. The van der Waals surface area contributed by atoms with E-state index in [0.29, 0.717) is 24.6 Å². The molecule has 0 bridgehead atoms. The number of rotatable bonds is 6. The Morgan fingerprint density at radius 3 is 2.52 bits per heavy atom. The van der Waals surface area contributed by atoms with Gasteiger partial charge < -0.3 is 10.6 Å². The van der Waals surface area contributed by atoms with Gasteiger partial charge in [0.05, 0.1) is 4.90 Å². The minimum Gasteiger partial charge on any atom is -0.354 e. The number of likely N-dealkylation sites (tertiary alicyclic amines) is 1. The predicted octanol–water partition coefficient (Wildman–Crippen LogP) is 2.67. The summed E-state index contributed by atoms with van der Waals surface area (Å²) in [6, 6.07) is 18.0. The van der Waals surface area contributed by atoms with Gasteiger partial charge in [-0.1, -0.05) is 42.5 Å². The number of sulfonamides is 1. The third kappa shape index (κ3) is 7.74. The van der Waals surface area contributed by atoms with Gasteiger partial charge >= 0.3 is 0 Å². The minimum atomic E-state index is -3.70. The van der Waals surface area contributed by atoms with Crippen molar-refractivity contribution in [2.75, 3.05) is 13.6 Å². The van der Waals surface area contributed by atoms with Gasteiger partial charge in [-0.3, -0.25) is 9.89 Å². The molecule has 2 atom stereocenters. The highest BCUT2D eigenvalue weighted by molar-refractivity contribution is 14.0. The van der Waals surface area contributed by atoms with E-state index in [-0.39, 0.29) is 28.9 Å². The summed E-state index contributed by atoms with van der Waals surface area (Å²) in [6.07, 6.45) is 2.08. The van der Waals surface area contributed by atoms with E-state index < -0.39 is 10.0 Å². The van der Waals surface area contributed by atoms with Crippen molar-refractivity contribution < 1.29 is 8.42 Å². The highest BCUT2D eigenvalue weighted by atomic mass is 127. The first-order valence-corrected chi connectivity index (χ1v) is 11.8. The van der Waals surface area contributed by atoms with E-state index in [1.165, 1.54) is 11.6 Å². The minimum absolute atomic E-state index is 0. The zero-order valence-electron chi connectivity index (χ0n) is 18.0. The Kier molecular flexibility index (Phi) is 9.73. The molecule has 2 aromatic rings. The van der Waals surface area contributed by atoms with Crippen LogP contribution in [0.15, 0.2) is 64.5 Å². The van der Waals surface area contributed by atoms with Crippen molar-refractivity contribution in [1.29, 1.82) is 0 Å². The Morgan fingerprint density at radius 1 is 1.16 bits per heavy atom. The first-order chi connectivity index (χ1) is 14.3. The Balaban J connectivity index is 0.00000341. The van der Waals surface area contributed by atoms with E-state index in [1.807, 2.05) is 12.1 Å². The monoisotopic (exact) mass is 557 g/mol. The fourth-order valence-electron chi connectivity index (χ4n) is 3.81. The molecule has 1 fully saturated rings. The molecule has 9 heteroatoms. The summed E-state index contributed by atoms with van der Waals surface area (Å²) in [4.78, 5) is 6.95. The number of halogens is 1. The number of nitrogens with zero attached hydrogens (tertiary/aromatic N) is 2. The number of hydrogen-bond donors (Lipinski definition) is 3. The number of hydrogen-bond acceptors (Lipinski definition) is 4. The van der Waals surface area contributed by atoms with Crippen molar-refractivity contribution in [2.24, 2.45) is 10.1 Å². The SMILES string of the molecule is CN=C(NCc1cccc(S(N)(=O)=O)c1)NC1CCN(Cc2ccccc2)C(C)C1.I. The number of nitrogens with two attached hydrogens (primary N) is 1. The van der Waals surface area contributed by atoms with Gasteiger partial charge in [-0.2, -0.15) is 0 Å². The summed E-state index contributed by atoms with van der Waals surface area (Å²) in [5.74, 6) is 0.713. The lowest BCUT2D eigenvalue weighted by molar-refractivity contribution is 0.134. The quantitative estimate of drug-likeness (QED) is 0.288. The molecular formula is C22H32IN5O2S. The molecule has 7 nitrogen and oxygen atoms in total. The number of aliphatic imine (C=N–C) groups is 1. The van der Waals surface area contributed by atoms with Crippen LogP contribution < -0.4 is 15.8 Å². The number of primary sulfonamides is 1. The Bertz CT molecular complexity index is 969. The van der Waals surface area contributed by atoms with Crippen LogP contribution in [0.25, 0.3) is 0 Å². The lowest BCUT2D eigenvalue weighted by Crippen LogP contribution is -2.51. The van der Waals surface area contributed by atoms with Crippen molar-refractivity contribution in [1.82, 2.24) is 15.5 Å². The van der Waals surface area contributed by atoms with Crippen LogP contribution in [0.3, 0.4) is 0 Å². The van der Waals surface area contributed by atoms with Crippen LogP contribution in [0.4, 0.5) is 0 Å². The Morgan fingerprint density at radius 2 is 1.87 bits per heavy atom. The van der Waals surface area contributed by atoms with Gasteiger partial charge in [0.25, 0.3) is 0 Å². The lowest BCUT2D eigenvalue weighted by atomic mass is 9.97. The standard InChI is InChI=1S/C22H31N5O2S.HI/c1-17-13-20(11-12-27(17)16-18-7-4-3-5-8-18)26-22(24-2)25-15-19-9-6-10-21(14-19)30(23,28)29;/h3-10,14,17,20H,11-13,15-16H2,1-2H3,(H2,23,28,29)(H2,24,25,26);1H. The molecule has 1 saturated heterocycles. The van der Waals surface area contributed by atoms with Gasteiger partial charge in [0.1, 0.15) is 0 Å². The summed E-state index contributed by atoms with van der Waals surface area (Å²) in [5.41, 5.74) is 2.17. The van der Waals surface area contributed by atoms with Crippen molar-refractivity contribution in [3.05, 3.63) is 65.7 Å². The van der Waals surface area contributed by atoms with Crippen LogP contribution >= 0.6 is 24.0 Å². The number of piperidine rings is 1. The summed E-state index contributed by atoms with van der Waals surface area (Å²) < 4.78 is 23.1. The van der Waals surface area contributed by atoms with Gasteiger partial charge in [0, 0.05) is 38.8 Å². The third-order valence-corrected chi connectivity index (χ3v) is 6.40. The third-order valence-electron chi connectivity index (χ3n) is 5.49. The molecule has 2 aromatic carbocycles. The fourth-order valence-corrected chi connectivity index (χ4v) is 4.39. The van der Waals surface area contributed by atoms with E-state index in [2.05, 4.69) is 51.7 Å². The zero-order chi connectivity index (χ0) is 21.6. The second-order valence-electron chi connectivity index (χ2n) is 7.79. The van der Waals surface area contributed by atoms with Crippen molar-refractivity contribution in [2.45, 2.75) is 49.8 Å². The highest BCUT2D eigenvalue weighted by Crippen LogP contribution is 2.20. The van der Waals surface area contributed by atoms with E-state index in [1.54, 1.807) is 19.2 Å². The zero-order valence-corrected chi connectivity index (χ0v) is 21.1. The van der Waals surface area contributed by atoms with Gasteiger partial charge in [0.15, 0.2) is 5.96 Å². The molecule has 0 saturated carbocycles. The van der Waals surface area contributed by atoms with E-state index >= 15 is 0 Å². The fraction of sp³-hybridized carbons (Fsp3) is 0.409. The van der Waals surface area contributed by atoms with Gasteiger partial charge in [-0.25, -0.2) is 13.6 Å². The van der Waals surface area contributed by atoms with Crippen LogP contribution in [0.2, 0.25) is 0 Å². The van der Waals surface area contributed by atoms with Crippen molar-refractivity contribution in [3.63, 3.8) is 0 Å².